The predicted octanol–water partition coefficient (Wildman–Crippen LogP) is 2.97. The number of anilines is 1. The van der Waals surface area contributed by atoms with Crippen molar-refractivity contribution in [2.24, 2.45) is 11.8 Å². The van der Waals surface area contributed by atoms with E-state index in [0.717, 1.165) is 31.5 Å². The minimum atomic E-state index is 0.0525. The summed E-state index contributed by atoms with van der Waals surface area (Å²) < 4.78 is 0. The van der Waals surface area contributed by atoms with E-state index in [0.29, 0.717) is 24.8 Å². The number of hydrogen-bond acceptors (Lipinski definition) is 2. The van der Waals surface area contributed by atoms with Gasteiger partial charge in [0.2, 0.25) is 11.8 Å². The van der Waals surface area contributed by atoms with Crippen LogP contribution in [0, 0.1) is 11.8 Å². The quantitative estimate of drug-likeness (QED) is 0.929. The van der Waals surface area contributed by atoms with Gasteiger partial charge in [-0.2, -0.15) is 0 Å². The molecule has 4 heteroatoms. The van der Waals surface area contributed by atoms with Crippen LogP contribution in [0.5, 0.6) is 0 Å². The number of carbonyl (C=O) groups is 2. The maximum absolute atomic E-state index is 12.2. The van der Waals surface area contributed by atoms with Gasteiger partial charge in [0.25, 0.3) is 0 Å². The fourth-order valence-electron chi connectivity index (χ4n) is 2.99. The van der Waals surface area contributed by atoms with Crippen LogP contribution in [0.15, 0.2) is 18.2 Å². The van der Waals surface area contributed by atoms with Crippen LogP contribution >= 0.6 is 0 Å². The number of amides is 2. The molecule has 1 heterocycles. The second-order valence-corrected chi connectivity index (χ2v) is 6.91. The molecule has 0 unspecified atom stereocenters. The SMILES string of the molecule is CC(C)CC(=O)Nc1ccc2c(c1)CN(C(=O)C1CC1)CC2. The Morgan fingerprint density at radius 2 is 2.05 bits per heavy atom. The summed E-state index contributed by atoms with van der Waals surface area (Å²) in [5.74, 6) is 0.983. The molecule has 0 radical (unpaired) electrons. The molecule has 1 saturated carbocycles. The van der Waals surface area contributed by atoms with Crippen LogP contribution in [-0.4, -0.2) is 23.3 Å². The summed E-state index contributed by atoms with van der Waals surface area (Å²) >= 11 is 0. The number of carbonyl (C=O) groups excluding carboxylic acids is 2. The van der Waals surface area contributed by atoms with Gasteiger partial charge in [-0.15, -0.1) is 0 Å². The first-order valence-electron chi connectivity index (χ1n) is 8.23. The highest BCUT2D eigenvalue weighted by molar-refractivity contribution is 5.91. The van der Waals surface area contributed by atoms with Crippen molar-refractivity contribution in [1.29, 1.82) is 0 Å². The van der Waals surface area contributed by atoms with Crippen LogP contribution in [0.25, 0.3) is 0 Å². The number of benzene rings is 1. The van der Waals surface area contributed by atoms with Crippen LogP contribution < -0.4 is 5.32 Å². The zero-order chi connectivity index (χ0) is 15.7. The van der Waals surface area contributed by atoms with Crippen LogP contribution in [0.1, 0.15) is 44.2 Å². The van der Waals surface area contributed by atoms with Crippen LogP contribution in [-0.2, 0) is 22.6 Å². The molecule has 3 rings (SSSR count). The molecule has 0 aromatic heterocycles. The molecule has 1 aliphatic heterocycles. The Morgan fingerprint density at radius 3 is 2.73 bits per heavy atom. The largest absolute Gasteiger partial charge is 0.338 e. The Labute approximate surface area is 131 Å². The molecule has 2 aliphatic rings. The zero-order valence-corrected chi connectivity index (χ0v) is 13.4. The molecule has 1 fully saturated rings. The first kappa shape index (κ1) is 15.1. The normalized spacial score (nSPS) is 17.3. The number of rotatable bonds is 4. The summed E-state index contributed by atoms with van der Waals surface area (Å²) in [5.41, 5.74) is 3.30. The Morgan fingerprint density at radius 1 is 1.27 bits per heavy atom. The van der Waals surface area contributed by atoms with E-state index in [4.69, 9.17) is 0 Å². The molecular weight excluding hydrogens is 276 g/mol. The molecule has 4 nitrogen and oxygen atoms in total. The summed E-state index contributed by atoms with van der Waals surface area (Å²) in [4.78, 5) is 26.1. The minimum Gasteiger partial charge on any atom is -0.338 e. The van der Waals surface area contributed by atoms with E-state index in [1.54, 1.807) is 0 Å². The van der Waals surface area contributed by atoms with E-state index in [2.05, 4.69) is 11.4 Å². The van der Waals surface area contributed by atoms with Crippen molar-refractivity contribution in [3.63, 3.8) is 0 Å². The van der Waals surface area contributed by atoms with Crippen molar-refractivity contribution in [1.82, 2.24) is 4.90 Å². The van der Waals surface area contributed by atoms with Crippen molar-refractivity contribution < 1.29 is 9.59 Å². The third kappa shape index (κ3) is 3.49. The van der Waals surface area contributed by atoms with Gasteiger partial charge in [-0.25, -0.2) is 0 Å². The Balaban J connectivity index is 1.68. The first-order chi connectivity index (χ1) is 10.5. The van der Waals surface area contributed by atoms with Gasteiger partial charge < -0.3 is 10.2 Å². The van der Waals surface area contributed by atoms with Gasteiger partial charge in [-0.3, -0.25) is 9.59 Å². The molecule has 0 atom stereocenters. The van der Waals surface area contributed by atoms with E-state index in [1.807, 2.05) is 30.9 Å². The van der Waals surface area contributed by atoms with Gasteiger partial charge in [-0.1, -0.05) is 19.9 Å². The molecular formula is C18H24N2O2. The summed E-state index contributed by atoms with van der Waals surface area (Å²) in [6.07, 6.45) is 3.54. The van der Waals surface area contributed by atoms with Crippen molar-refractivity contribution in [3.05, 3.63) is 29.3 Å². The van der Waals surface area contributed by atoms with E-state index >= 15 is 0 Å². The Kier molecular flexibility index (Phi) is 4.19. The molecule has 2 amide bonds. The van der Waals surface area contributed by atoms with Gasteiger partial charge >= 0.3 is 0 Å². The monoisotopic (exact) mass is 300 g/mol. The third-order valence-corrected chi connectivity index (χ3v) is 4.33. The van der Waals surface area contributed by atoms with E-state index in [1.165, 1.54) is 11.1 Å². The van der Waals surface area contributed by atoms with Crippen molar-refractivity contribution in [3.8, 4) is 0 Å². The highest BCUT2D eigenvalue weighted by atomic mass is 16.2. The average Bonchev–Trinajstić information content (AvgIpc) is 3.29. The zero-order valence-electron chi connectivity index (χ0n) is 13.4. The number of hydrogen-bond donors (Lipinski definition) is 1. The van der Waals surface area contributed by atoms with Crippen molar-refractivity contribution >= 4 is 17.5 Å². The number of nitrogens with zero attached hydrogens (tertiary/aromatic N) is 1. The van der Waals surface area contributed by atoms with Crippen molar-refractivity contribution in [2.75, 3.05) is 11.9 Å². The number of nitrogens with one attached hydrogen (secondary N) is 1. The highest BCUT2D eigenvalue weighted by Gasteiger charge is 2.34. The molecule has 1 N–H and O–H groups in total. The van der Waals surface area contributed by atoms with E-state index in [9.17, 15) is 9.59 Å². The average molecular weight is 300 g/mol. The van der Waals surface area contributed by atoms with Crippen LogP contribution in [0.4, 0.5) is 5.69 Å². The Bertz CT molecular complexity index is 591. The van der Waals surface area contributed by atoms with Gasteiger partial charge in [0.05, 0.1) is 0 Å². The van der Waals surface area contributed by atoms with Gasteiger partial charge in [0.15, 0.2) is 0 Å². The predicted molar refractivity (Wildman–Crippen MR) is 86.4 cm³/mol. The van der Waals surface area contributed by atoms with Crippen molar-refractivity contribution in [2.45, 2.75) is 46.1 Å². The van der Waals surface area contributed by atoms with Gasteiger partial charge in [0, 0.05) is 31.1 Å². The molecule has 1 aromatic rings. The molecule has 22 heavy (non-hydrogen) atoms. The second kappa shape index (κ2) is 6.11. The fourth-order valence-corrected chi connectivity index (χ4v) is 2.99. The van der Waals surface area contributed by atoms with E-state index in [-0.39, 0.29) is 11.8 Å². The second-order valence-electron chi connectivity index (χ2n) is 6.91. The minimum absolute atomic E-state index is 0.0525. The smallest absolute Gasteiger partial charge is 0.225 e. The van der Waals surface area contributed by atoms with Crippen LogP contribution in [0.2, 0.25) is 0 Å². The third-order valence-electron chi connectivity index (χ3n) is 4.33. The molecule has 118 valence electrons. The van der Waals surface area contributed by atoms with E-state index < -0.39 is 0 Å². The highest BCUT2D eigenvalue weighted by Crippen LogP contribution is 2.33. The lowest BCUT2D eigenvalue weighted by Crippen LogP contribution is -2.36. The lowest BCUT2D eigenvalue weighted by atomic mass is 9.98. The molecule has 1 aliphatic carbocycles. The maximum atomic E-state index is 12.2. The molecule has 1 aromatic carbocycles. The molecule has 0 bridgehead atoms. The summed E-state index contributed by atoms with van der Waals surface area (Å²) in [7, 11) is 0. The molecule has 0 spiro atoms. The fraction of sp³-hybridized carbons (Fsp3) is 0.556. The van der Waals surface area contributed by atoms with Gasteiger partial charge in [-0.05, 0) is 48.4 Å². The summed E-state index contributed by atoms with van der Waals surface area (Å²) in [5, 5.41) is 2.96. The maximum Gasteiger partial charge on any atom is 0.225 e. The Hall–Kier alpha value is -1.84. The topological polar surface area (TPSA) is 49.4 Å². The first-order valence-corrected chi connectivity index (χ1v) is 8.23. The lowest BCUT2D eigenvalue weighted by Gasteiger charge is -2.29. The standard InChI is InChI=1S/C18H24N2O2/c1-12(2)9-17(21)19-16-6-5-13-7-8-20(11-15(13)10-16)18(22)14-3-4-14/h5-6,10,12,14H,3-4,7-9,11H2,1-2H3,(H,19,21). The van der Waals surface area contributed by atoms with Gasteiger partial charge in [0.1, 0.15) is 0 Å². The van der Waals surface area contributed by atoms with Crippen LogP contribution in [0.3, 0.4) is 0 Å². The summed E-state index contributed by atoms with van der Waals surface area (Å²) in [6.45, 7) is 5.57. The summed E-state index contributed by atoms with van der Waals surface area (Å²) in [6, 6.07) is 6.08. The molecule has 0 saturated heterocycles. The lowest BCUT2D eigenvalue weighted by molar-refractivity contribution is -0.133. The number of fused-ring (bicyclic) bond motifs is 1.